The number of allylic oxidation sites excluding steroid dienone is 22. The van der Waals surface area contributed by atoms with Crippen LogP contribution in [0.4, 0.5) is 0 Å². The molecule has 6 heteroatoms. The van der Waals surface area contributed by atoms with Crippen molar-refractivity contribution < 1.29 is 28.6 Å². The van der Waals surface area contributed by atoms with E-state index in [1.165, 1.54) is 44.9 Å². The van der Waals surface area contributed by atoms with E-state index in [1.54, 1.807) is 0 Å². The highest BCUT2D eigenvalue weighted by molar-refractivity contribution is 5.71. The van der Waals surface area contributed by atoms with Gasteiger partial charge >= 0.3 is 17.9 Å². The molecule has 0 spiro atoms. The van der Waals surface area contributed by atoms with Crippen LogP contribution in [0.5, 0.6) is 0 Å². The highest BCUT2D eigenvalue weighted by atomic mass is 16.6. The van der Waals surface area contributed by atoms with Crippen molar-refractivity contribution in [3.8, 4) is 0 Å². The van der Waals surface area contributed by atoms with E-state index in [-0.39, 0.29) is 38.0 Å². The second-order valence-electron chi connectivity index (χ2n) is 16.0. The monoisotopic (exact) mass is 883 g/mol. The van der Waals surface area contributed by atoms with Crippen molar-refractivity contribution in [1.82, 2.24) is 0 Å². The Morgan fingerprint density at radius 1 is 0.328 bits per heavy atom. The van der Waals surface area contributed by atoms with E-state index in [9.17, 15) is 14.4 Å². The van der Waals surface area contributed by atoms with Gasteiger partial charge in [0.15, 0.2) is 6.10 Å². The molecular formula is C58H90O6. The van der Waals surface area contributed by atoms with Crippen LogP contribution in [0.15, 0.2) is 134 Å². The van der Waals surface area contributed by atoms with Crippen molar-refractivity contribution >= 4 is 17.9 Å². The van der Waals surface area contributed by atoms with Crippen molar-refractivity contribution in [1.29, 1.82) is 0 Å². The summed E-state index contributed by atoms with van der Waals surface area (Å²) in [4.78, 5) is 37.8. The predicted octanol–water partition coefficient (Wildman–Crippen LogP) is 16.7. The van der Waals surface area contributed by atoms with Gasteiger partial charge in [-0.3, -0.25) is 14.4 Å². The highest BCUT2D eigenvalue weighted by Gasteiger charge is 2.19. The lowest BCUT2D eigenvalue weighted by molar-refractivity contribution is -0.166. The van der Waals surface area contributed by atoms with E-state index in [4.69, 9.17) is 14.2 Å². The van der Waals surface area contributed by atoms with Crippen LogP contribution in [-0.2, 0) is 28.6 Å². The molecule has 0 fully saturated rings. The van der Waals surface area contributed by atoms with Crippen LogP contribution in [0.25, 0.3) is 0 Å². The minimum atomic E-state index is -0.841. The van der Waals surface area contributed by atoms with Crippen LogP contribution in [0.3, 0.4) is 0 Å². The molecule has 0 N–H and O–H groups in total. The van der Waals surface area contributed by atoms with Crippen molar-refractivity contribution in [2.75, 3.05) is 13.2 Å². The van der Waals surface area contributed by atoms with Gasteiger partial charge in [-0.15, -0.1) is 0 Å². The molecule has 0 aliphatic heterocycles. The lowest BCUT2D eigenvalue weighted by Gasteiger charge is -2.18. The molecule has 0 aliphatic rings. The molecule has 1 unspecified atom stereocenters. The standard InChI is InChI=1S/C58H90O6/c1-4-7-10-13-16-19-22-24-25-26-27-28-29-30-31-32-33-35-36-39-42-45-48-51-57(60)63-54-55(53-62-56(59)50-47-44-41-38-21-18-15-12-9-6-3)64-58(61)52-49-46-43-40-37-34-23-20-17-14-11-8-5-2/h7-8,10-11,16-17,19-20,24-25,27-28,30-31,33-35,37,39,42-43,46,55H,4-6,9,12-15,18,21-23,26,29,32,36,38,40-41,44-45,47-54H2,1-3H3/b10-7-,11-8-,19-16-,20-17-,25-24-,28-27-,31-30-,35-33-,37-34-,42-39-,46-43-. The third kappa shape index (κ3) is 48.6. The van der Waals surface area contributed by atoms with Crippen molar-refractivity contribution in [2.45, 2.75) is 200 Å². The Balaban J connectivity index is 4.52. The van der Waals surface area contributed by atoms with Gasteiger partial charge < -0.3 is 14.2 Å². The second kappa shape index (κ2) is 51.2. The lowest BCUT2D eigenvalue weighted by atomic mass is 10.1. The van der Waals surface area contributed by atoms with E-state index < -0.39 is 12.1 Å². The van der Waals surface area contributed by atoms with Gasteiger partial charge in [-0.1, -0.05) is 212 Å². The van der Waals surface area contributed by atoms with Crippen LogP contribution in [0, 0.1) is 0 Å². The summed E-state index contributed by atoms with van der Waals surface area (Å²) in [5.74, 6) is -1.09. The molecular weight excluding hydrogens is 793 g/mol. The number of ether oxygens (including phenoxy) is 3. The van der Waals surface area contributed by atoms with Crippen molar-refractivity contribution in [2.24, 2.45) is 0 Å². The number of hydrogen-bond donors (Lipinski definition) is 0. The largest absolute Gasteiger partial charge is 0.462 e. The topological polar surface area (TPSA) is 78.9 Å². The Labute approximate surface area is 392 Å². The summed E-state index contributed by atoms with van der Waals surface area (Å²) in [6.07, 6.45) is 71.7. The van der Waals surface area contributed by atoms with E-state index in [0.29, 0.717) is 19.3 Å². The average molecular weight is 883 g/mol. The number of esters is 3. The Morgan fingerprint density at radius 3 is 1.02 bits per heavy atom. The molecule has 358 valence electrons. The lowest BCUT2D eigenvalue weighted by Crippen LogP contribution is -2.30. The van der Waals surface area contributed by atoms with Gasteiger partial charge in [0.05, 0.1) is 0 Å². The van der Waals surface area contributed by atoms with Gasteiger partial charge in [-0.2, -0.15) is 0 Å². The molecule has 0 aliphatic carbocycles. The van der Waals surface area contributed by atoms with Gasteiger partial charge in [-0.25, -0.2) is 0 Å². The first-order valence-corrected chi connectivity index (χ1v) is 25.2. The van der Waals surface area contributed by atoms with E-state index >= 15 is 0 Å². The fourth-order valence-corrected chi connectivity index (χ4v) is 6.21. The molecule has 0 rings (SSSR count). The summed E-state index contributed by atoms with van der Waals surface area (Å²) in [5.41, 5.74) is 0. The van der Waals surface area contributed by atoms with E-state index in [1.807, 2.05) is 12.2 Å². The molecule has 0 radical (unpaired) electrons. The average Bonchev–Trinajstić information content (AvgIpc) is 3.29. The van der Waals surface area contributed by atoms with Crippen molar-refractivity contribution in [3.63, 3.8) is 0 Å². The maximum Gasteiger partial charge on any atom is 0.306 e. The zero-order valence-electron chi connectivity index (χ0n) is 40.7. The summed E-state index contributed by atoms with van der Waals surface area (Å²) < 4.78 is 16.6. The number of unbranched alkanes of at least 4 members (excludes halogenated alkanes) is 10. The first kappa shape index (κ1) is 59.5. The normalized spacial score (nSPS) is 13.2. The minimum Gasteiger partial charge on any atom is -0.462 e. The van der Waals surface area contributed by atoms with Crippen molar-refractivity contribution in [3.05, 3.63) is 134 Å². The molecule has 0 saturated carbocycles. The molecule has 0 aromatic rings. The fourth-order valence-electron chi connectivity index (χ4n) is 6.21. The van der Waals surface area contributed by atoms with Gasteiger partial charge in [0.2, 0.25) is 0 Å². The van der Waals surface area contributed by atoms with Crippen LogP contribution in [-0.4, -0.2) is 37.2 Å². The van der Waals surface area contributed by atoms with E-state index in [2.05, 4.69) is 142 Å². The van der Waals surface area contributed by atoms with Crippen LogP contribution in [0.1, 0.15) is 194 Å². The van der Waals surface area contributed by atoms with Gasteiger partial charge in [0, 0.05) is 19.3 Å². The predicted molar refractivity (Wildman–Crippen MR) is 274 cm³/mol. The maximum absolute atomic E-state index is 12.7. The summed E-state index contributed by atoms with van der Waals surface area (Å²) in [6.45, 7) is 6.25. The summed E-state index contributed by atoms with van der Waals surface area (Å²) in [6, 6.07) is 0. The van der Waals surface area contributed by atoms with Crippen LogP contribution in [0.2, 0.25) is 0 Å². The molecule has 0 bridgehead atoms. The molecule has 6 nitrogen and oxygen atoms in total. The zero-order valence-corrected chi connectivity index (χ0v) is 40.7. The second-order valence-corrected chi connectivity index (χ2v) is 16.0. The Kier molecular flexibility index (Phi) is 47.6. The number of hydrogen-bond acceptors (Lipinski definition) is 6. The number of rotatable bonds is 43. The first-order valence-electron chi connectivity index (χ1n) is 25.2. The quantitative estimate of drug-likeness (QED) is 0.0263. The molecule has 0 aromatic heterocycles. The molecule has 64 heavy (non-hydrogen) atoms. The Bertz CT molecular complexity index is 1430. The van der Waals surface area contributed by atoms with Crippen LogP contribution < -0.4 is 0 Å². The highest BCUT2D eigenvalue weighted by Crippen LogP contribution is 2.12. The third-order valence-electron chi connectivity index (χ3n) is 9.91. The smallest absolute Gasteiger partial charge is 0.306 e. The minimum absolute atomic E-state index is 0.128. The first-order chi connectivity index (χ1) is 31.5. The molecule has 0 aromatic carbocycles. The van der Waals surface area contributed by atoms with Gasteiger partial charge in [0.1, 0.15) is 13.2 Å². The molecule has 0 saturated heterocycles. The Hall–Kier alpha value is -4.45. The van der Waals surface area contributed by atoms with Crippen LogP contribution >= 0.6 is 0 Å². The summed E-state index contributed by atoms with van der Waals surface area (Å²) >= 11 is 0. The number of carbonyl (C=O) groups is 3. The fraction of sp³-hybridized carbons (Fsp3) is 0.569. The molecule has 1 atom stereocenters. The zero-order chi connectivity index (χ0) is 46.5. The Morgan fingerprint density at radius 2 is 0.641 bits per heavy atom. The molecule has 0 amide bonds. The van der Waals surface area contributed by atoms with Gasteiger partial charge in [0.25, 0.3) is 0 Å². The SMILES string of the molecule is CC/C=C\C/C=C\C/C=C\C/C=C\C/C=C\C/C=C\C/C=C\CCCC(=O)OCC(COC(=O)CCCCCCCCCCCC)OC(=O)CC/C=C\C/C=C\C/C=C\C/C=C\CC. The summed E-state index contributed by atoms with van der Waals surface area (Å²) in [7, 11) is 0. The van der Waals surface area contributed by atoms with Gasteiger partial charge in [-0.05, 0) is 96.3 Å². The maximum atomic E-state index is 12.7. The summed E-state index contributed by atoms with van der Waals surface area (Å²) in [5, 5.41) is 0. The molecule has 0 heterocycles. The number of carbonyl (C=O) groups excluding carboxylic acids is 3. The third-order valence-corrected chi connectivity index (χ3v) is 9.91. The van der Waals surface area contributed by atoms with E-state index in [0.717, 1.165) is 96.3 Å².